The highest BCUT2D eigenvalue weighted by Gasteiger charge is 2.58. The average Bonchev–Trinajstić information content (AvgIpc) is 3.29. The van der Waals surface area contributed by atoms with Crippen LogP contribution >= 0.6 is 11.3 Å². The van der Waals surface area contributed by atoms with Crippen LogP contribution in [-0.2, 0) is 17.9 Å². The molecule has 1 aliphatic heterocycles. The predicted molar refractivity (Wildman–Crippen MR) is 123 cm³/mol. The van der Waals surface area contributed by atoms with Crippen molar-refractivity contribution in [3.63, 3.8) is 0 Å². The molecule has 31 heavy (non-hydrogen) atoms. The van der Waals surface area contributed by atoms with Gasteiger partial charge in [0.2, 0.25) is 5.91 Å². The third kappa shape index (κ3) is 4.55. The van der Waals surface area contributed by atoms with Crippen LogP contribution in [0, 0.1) is 18.3 Å². The Bertz CT molecular complexity index is 1060. The summed E-state index contributed by atoms with van der Waals surface area (Å²) >= 11 is 1.78. The molecule has 1 atom stereocenters. The summed E-state index contributed by atoms with van der Waals surface area (Å²) in [6.07, 6.45) is 5.27. The number of piperidine rings is 1. The summed E-state index contributed by atoms with van der Waals surface area (Å²) in [5.41, 5.74) is 3.32. The molecule has 5 nitrogen and oxygen atoms in total. The number of hydrogen-bond acceptors (Lipinski definition) is 5. The highest BCUT2D eigenvalue weighted by atomic mass is 32.1. The van der Waals surface area contributed by atoms with Gasteiger partial charge in [-0.15, -0.1) is 11.3 Å². The molecule has 1 N–H and O–H groups in total. The minimum atomic E-state index is 0.174. The lowest BCUT2D eigenvalue weighted by Crippen LogP contribution is -2.36. The topological polar surface area (TPSA) is 58.1 Å². The van der Waals surface area contributed by atoms with E-state index in [1.54, 1.807) is 11.3 Å². The molecule has 1 amide bonds. The number of hydrogen-bond donors (Lipinski definition) is 1. The van der Waals surface area contributed by atoms with Crippen LogP contribution in [0.5, 0.6) is 0 Å². The lowest BCUT2D eigenvalue weighted by molar-refractivity contribution is -0.123. The largest absolute Gasteiger partial charge is 0.350 e. The Morgan fingerprint density at radius 1 is 1.16 bits per heavy atom. The van der Waals surface area contributed by atoms with E-state index in [1.165, 1.54) is 10.4 Å². The summed E-state index contributed by atoms with van der Waals surface area (Å²) in [6, 6.07) is 16.3. The number of aryl methyl sites for hydroxylation is 1. The fourth-order valence-corrected chi connectivity index (χ4v) is 5.70. The van der Waals surface area contributed by atoms with Gasteiger partial charge in [-0.3, -0.25) is 14.7 Å². The molecule has 0 radical (unpaired) electrons. The fourth-order valence-electron chi connectivity index (χ4n) is 4.74. The smallest absolute Gasteiger partial charge is 0.224 e. The minimum Gasteiger partial charge on any atom is -0.350 e. The van der Waals surface area contributed by atoms with Gasteiger partial charge in [-0.1, -0.05) is 36.4 Å². The number of aromatic nitrogens is 2. The zero-order valence-electron chi connectivity index (χ0n) is 17.9. The molecule has 3 aromatic rings. The number of nitrogens with one attached hydrogen (secondary N) is 1. The quantitative estimate of drug-likeness (QED) is 0.626. The maximum absolute atomic E-state index is 12.7. The van der Waals surface area contributed by atoms with Gasteiger partial charge in [0.25, 0.3) is 0 Å². The molecule has 1 aliphatic carbocycles. The molecule has 2 aliphatic rings. The van der Waals surface area contributed by atoms with Crippen molar-refractivity contribution in [2.75, 3.05) is 13.1 Å². The molecular formula is C25H28N4OS. The first-order valence-corrected chi connectivity index (χ1v) is 11.9. The number of pyridine rings is 1. The number of likely N-dealkylation sites (tertiary alicyclic amines) is 1. The van der Waals surface area contributed by atoms with Gasteiger partial charge >= 0.3 is 0 Å². The Hall–Kier alpha value is -2.57. The van der Waals surface area contributed by atoms with Crippen LogP contribution in [0.25, 0.3) is 10.6 Å². The van der Waals surface area contributed by atoms with Gasteiger partial charge < -0.3 is 5.32 Å². The van der Waals surface area contributed by atoms with Gasteiger partial charge in [0.1, 0.15) is 5.01 Å². The van der Waals surface area contributed by atoms with E-state index >= 15 is 0 Å². The molecule has 5 rings (SSSR count). The van der Waals surface area contributed by atoms with Crippen molar-refractivity contribution in [2.45, 2.75) is 39.3 Å². The third-order valence-electron chi connectivity index (χ3n) is 6.70. The van der Waals surface area contributed by atoms with Crippen molar-refractivity contribution < 1.29 is 4.79 Å². The minimum absolute atomic E-state index is 0.174. The van der Waals surface area contributed by atoms with Crippen LogP contribution in [0.1, 0.15) is 35.5 Å². The van der Waals surface area contributed by atoms with Gasteiger partial charge in [-0.2, -0.15) is 0 Å². The van der Waals surface area contributed by atoms with E-state index in [2.05, 4.69) is 44.5 Å². The molecule has 1 spiro atoms. The summed E-state index contributed by atoms with van der Waals surface area (Å²) < 4.78 is 0. The number of carbonyl (C=O) groups excluding carboxylic acids is 1. The van der Waals surface area contributed by atoms with E-state index in [4.69, 9.17) is 0 Å². The molecular weight excluding hydrogens is 404 g/mol. The first-order chi connectivity index (χ1) is 15.1. The molecule has 160 valence electrons. The van der Waals surface area contributed by atoms with Crippen molar-refractivity contribution in [1.82, 2.24) is 20.2 Å². The number of rotatable bonds is 6. The molecule has 2 fully saturated rings. The van der Waals surface area contributed by atoms with Gasteiger partial charge in [0.05, 0.1) is 12.2 Å². The second-order valence-corrected chi connectivity index (χ2v) is 10.00. The molecule has 1 saturated carbocycles. The summed E-state index contributed by atoms with van der Waals surface area (Å²) in [7, 11) is 0. The Morgan fingerprint density at radius 2 is 1.97 bits per heavy atom. The Balaban J connectivity index is 1.10. The summed E-state index contributed by atoms with van der Waals surface area (Å²) in [5.74, 6) is 0.374. The Morgan fingerprint density at radius 3 is 2.74 bits per heavy atom. The second-order valence-electron chi connectivity index (χ2n) is 8.88. The molecule has 6 heteroatoms. The second kappa shape index (κ2) is 8.52. The van der Waals surface area contributed by atoms with Crippen LogP contribution in [0.3, 0.4) is 0 Å². The number of thiazole rings is 1. The van der Waals surface area contributed by atoms with E-state index < -0.39 is 0 Å². The lowest BCUT2D eigenvalue weighted by Gasteiger charge is -2.32. The van der Waals surface area contributed by atoms with Gasteiger partial charge in [-0.05, 0) is 56.8 Å². The van der Waals surface area contributed by atoms with Crippen molar-refractivity contribution in [3.8, 4) is 10.6 Å². The summed E-state index contributed by atoms with van der Waals surface area (Å²) in [4.78, 5) is 25.6. The van der Waals surface area contributed by atoms with Crippen molar-refractivity contribution >= 4 is 17.2 Å². The van der Waals surface area contributed by atoms with Crippen LogP contribution in [0.2, 0.25) is 0 Å². The maximum atomic E-state index is 12.7. The van der Waals surface area contributed by atoms with Crippen LogP contribution in [0.4, 0.5) is 0 Å². The SMILES string of the molecule is Cc1cccc(CNC(=O)[C@H]2CC23CCN(Cc2cnc(-c4ccccc4)s2)CC3)n1. The normalized spacial score (nSPS) is 20.0. The summed E-state index contributed by atoms with van der Waals surface area (Å²) in [5, 5.41) is 4.20. The Kier molecular flexibility index (Phi) is 5.59. The average molecular weight is 433 g/mol. The first-order valence-electron chi connectivity index (χ1n) is 11.0. The van der Waals surface area contributed by atoms with E-state index in [-0.39, 0.29) is 17.2 Å². The van der Waals surface area contributed by atoms with E-state index in [0.29, 0.717) is 6.54 Å². The molecule has 2 aromatic heterocycles. The van der Waals surface area contributed by atoms with Crippen LogP contribution < -0.4 is 5.32 Å². The maximum Gasteiger partial charge on any atom is 0.224 e. The molecule has 0 bridgehead atoms. The van der Waals surface area contributed by atoms with Gasteiger partial charge in [0, 0.05) is 34.8 Å². The predicted octanol–water partition coefficient (Wildman–Crippen LogP) is 4.43. The molecule has 1 saturated heterocycles. The molecule has 0 unspecified atom stereocenters. The van der Waals surface area contributed by atoms with Gasteiger partial charge in [-0.25, -0.2) is 4.98 Å². The van der Waals surface area contributed by atoms with Crippen molar-refractivity contribution in [3.05, 3.63) is 71.0 Å². The van der Waals surface area contributed by atoms with Crippen LogP contribution in [-0.4, -0.2) is 33.9 Å². The highest BCUT2D eigenvalue weighted by Crippen LogP contribution is 2.59. The first kappa shape index (κ1) is 20.3. The number of nitrogens with zero attached hydrogens (tertiary/aromatic N) is 3. The Labute approximate surface area is 187 Å². The van der Waals surface area contributed by atoms with Crippen molar-refractivity contribution in [2.24, 2.45) is 11.3 Å². The van der Waals surface area contributed by atoms with Crippen LogP contribution in [0.15, 0.2) is 54.7 Å². The molecule has 3 heterocycles. The van der Waals surface area contributed by atoms with Gasteiger partial charge in [0.15, 0.2) is 0 Å². The van der Waals surface area contributed by atoms with Crippen molar-refractivity contribution in [1.29, 1.82) is 0 Å². The zero-order valence-corrected chi connectivity index (χ0v) is 18.7. The lowest BCUT2D eigenvalue weighted by atomic mass is 9.90. The number of benzene rings is 1. The number of carbonyl (C=O) groups is 1. The van der Waals surface area contributed by atoms with E-state index in [9.17, 15) is 4.79 Å². The van der Waals surface area contributed by atoms with E-state index in [0.717, 1.165) is 55.3 Å². The highest BCUT2D eigenvalue weighted by molar-refractivity contribution is 7.15. The number of amides is 1. The third-order valence-corrected chi connectivity index (χ3v) is 7.73. The molecule has 1 aromatic carbocycles. The fraction of sp³-hybridized carbons (Fsp3) is 0.400. The zero-order chi connectivity index (χ0) is 21.3. The standard InChI is InChI=1S/C25H28N4OS/c1-18-6-5-9-20(28-18)15-26-23(30)22-14-25(22)10-12-29(13-11-25)17-21-16-27-24(31-21)19-7-3-2-4-8-19/h2-9,16,22H,10-15,17H2,1H3,(H,26,30)/t22-/m1/s1. The monoisotopic (exact) mass is 432 g/mol. The summed E-state index contributed by atoms with van der Waals surface area (Å²) in [6.45, 7) is 5.57. The van der Waals surface area contributed by atoms with E-state index in [1.807, 2.05) is 37.4 Å².